The Kier molecular flexibility index (Phi) is 6.15. The van der Waals surface area contributed by atoms with Gasteiger partial charge in [0.2, 0.25) is 34.8 Å². The first-order chi connectivity index (χ1) is 13.0. The van der Waals surface area contributed by atoms with E-state index in [1.165, 1.54) is 0 Å². The molecule has 0 heterocycles. The fourth-order valence-corrected chi connectivity index (χ4v) is 2.31. The topological polar surface area (TPSA) is 46.5 Å². The van der Waals surface area contributed by atoms with Gasteiger partial charge < -0.3 is 9.84 Å². The minimum absolute atomic E-state index is 0.156. The predicted octanol–water partition coefficient (Wildman–Crippen LogP) is 5.63. The molecule has 152 valence electrons. The zero-order valence-electron chi connectivity index (χ0n) is 13.9. The summed E-state index contributed by atoms with van der Waals surface area (Å²) < 4.78 is 115. The number of benzene rings is 2. The molecule has 0 saturated heterocycles. The van der Waals surface area contributed by atoms with Gasteiger partial charge in [-0.1, -0.05) is 13.3 Å². The Morgan fingerprint density at radius 2 is 1.14 bits per heavy atom. The molecule has 3 nitrogen and oxygen atoms in total. The molecule has 0 aliphatic heterocycles. The first kappa shape index (κ1) is 21.5. The van der Waals surface area contributed by atoms with E-state index in [1.807, 2.05) is 0 Å². The van der Waals surface area contributed by atoms with E-state index in [1.54, 1.807) is 6.92 Å². The van der Waals surface area contributed by atoms with Crippen LogP contribution in [0.1, 0.15) is 35.7 Å². The lowest BCUT2D eigenvalue weighted by molar-refractivity contribution is 0.0683. The van der Waals surface area contributed by atoms with Crippen molar-refractivity contribution in [3.63, 3.8) is 0 Å². The maximum atomic E-state index is 14.1. The molecule has 0 aliphatic carbocycles. The lowest BCUT2D eigenvalue weighted by atomic mass is 10.1. The Labute approximate surface area is 152 Å². The highest BCUT2D eigenvalue weighted by molar-refractivity contribution is 5.88. The molecule has 28 heavy (non-hydrogen) atoms. The number of hydrogen-bond donors (Lipinski definition) is 1. The van der Waals surface area contributed by atoms with Gasteiger partial charge in [-0.2, -0.15) is 17.6 Å². The second kappa shape index (κ2) is 8.03. The van der Waals surface area contributed by atoms with Crippen LogP contribution in [0.2, 0.25) is 0 Å². The summed E-state index contributed by atoms with van der Waals surface area (Å²) in [4.78, 5) is 10.7. The van der Waals surface area contributed by atoms with Crippen LogP contribution in [0.15, 0.2) is 0 Å². The fourth-order valence-electron chi connectivity index (χ4n) is 2.31. The normalized spacial score (nSPS) is 11.0. The summed E-state index contributed by atoms with van der Waals surface area (Å²) in [5, 5.41) is 8.57. The zero-order valence-corrected chi connectivity index (χ0v) is 13.9. The van der Waals surface area contributed by atoms with E-state index < -0.39 is 81.6 Å². The molecule has 0 spiro atoms. The van der Waals surface area contributed by atoms with Gasteiger partial charge in [0.15, 0.2) is 23.3 Å². The molecule has 11 heteroatoms. The molecule has 2 aromatic carbocycles. The Hall–Kier alpha value is -2.85. The molecule has 0 bridgehead atoms. The second-order valence-electron chi connectivity index (χ2n) is 5.53. The van der Waals surface area contributed by atoms with E-state index in [0.717, 1.165) is 0 Å². The van der Waals surface area contributed by atoms with Crippen LogP contribution in [0.25, 0.3) is 0 Å². The molecule has 0 amide bonds. The smallest absolute Gasteiger partial charge is 0.341 e. The maximum absolute atomic E-state index is 14.1. The third kappa shape index (κ3) is 3.48. The van der Waals surface area contributed by atoms with E-state index in [2.05, 4.69) is 4.74 Å². The zero-order chi connectivity index (χ0) is 21.3. The molecule has 2 rings (SSSR count). The summed E-state index contributed by atoms with van der Waals surface area (Å²) in [6, 6.07) is 0. The van der Waals surface area contributed by atoms with Gasteiger partial charge in [0, 0.05) is 5.56 Å². The van der Waals surface area contributed by atoms with Crippen molar-refractivity contribution >= 4 is 5.97 Å². The van der Waals surface area contributed by atoms with Crippen molar-refractivity contribution in [3.8, 4) is 11.5 Å². The summed E-state index contributed by atoms with van der Waals surface area (Å²) in [7, 11) is 0. The van der Waals surface area contributed by atoms with E-state index in [9.17, 15) is 39.9 Å². The standard InChI is InChI=1S/C17H10F8O3/c1-2-3-4-5-7(18)11(22)15(12(23)8(5)19)28-16-13(24)9(20)6(17(26)27)10(21)14(16)25/h2-4H2,1H3,(H,26,27). The Balaban J connectivity index is 2.66. The average molecular weight is 414 g/mol. The lowest BCUT2D eigenvalue weighted by Gasteiger charge is -2.14. The number of carbonyl (C=O) groups is 1. The van der Waals surface area contributed by atoms with Gasteiger partial charge in [-0.05, 0) is 12.8 Å². The van der Waals surface area contributed by atoms with Crippen molar-refractivity contribution < 1.29 is 49.8 Å². The van der Waals surface area contributed by atoms with Crippen LogP contribution in [-0.4, -0.2) is 11.1 Å². The molecular weight excluding hydrogens is 404 g/mol. The largest absolute Gasteiger partial charge is 0.477 e. The third-order valence-corrected chi connectivity index (χ3v) is 3.74. The van der Waals surface area contributed by atoms with Gasteiger partial charge >= 0.3 is 5.97 Å². The number of rotatable bonds is 6. The van der Waals surface area contributed by atoms with Crippen molar-refractivity contribution in [1.29, 1.82) is 0 Å². The van der Waals surface area contributed by atoms with Crippen LogP contribution in [0.4, 0.5) is 35.1 Å². The molecule has 0 radical (unpaired) electrons. The molecular formula is C17H10F8O3. The van der Waals surface area contributed by atoms with Crippen molar-refractivity contribution in [3.05, 3.63) is 57.7 Å². The average Bonchev–Trinajstić information content (AvgIpc) is 2.64. The molecule has 0 fully saturated rings. The van der Waals surface area contributed by atoms with Crippen molar-refractivity contribution in [2.75, 3.05) is 0 Å². The Morgan fingerprint density at radius 1 is 0.750 bits per heavy atom. The van der Waals surface area contributed by atoms with Crippen molar-refractivity contribution in [2.45, 2.75) is 26.2 Å². The highest BCUT2D eigenvalue weighted by atomic mass is 19.2. The monoisotopic (exact) mass is 414 g/mol. The number of aromatic carboxylic acids is 1. The van der Waals surface area contributed by atoms with Crippen LogP contribution in [-0.2, 0) is 6.42 Å². The number of hydrogen-bond acceptors (Lipinski definition) is 2. The van der Waals surface area contributed by atoms with Gasteiger partial charge in [0.1, 0.15) is 5.56 Å². The quantitative estimate of drug-likeness (QED) is 0.492. The second-order valence-corrected chi connectivity index (χ2v) is 5.53. The molecule has 0 aromatic heterocycles. The Morgan fingerprint density at radius 3 is 1.50 bits per heavy atom. The van der Waals surface area contributed by atoms with E-state index >= 15 is 0 Å². The number of unbranched alkanes of at least 4 members (excludes halogenated alkanes) is 1. The molecule has 0 saturated carbocycles. The fraction of sp³-hybridized carbons (Fsp3) is 0.235. The summed E-state index contributed by atoms with van der Waals surface area (Å²) >= 11 is 0. The molecule has 0 atom stereocenters. The summed E-state index contributed by atoms with van der Waals surface area (Å²) in [6.45, 7) is 1.63. The van der Waals surface area contributed by atoms with Crippen molar-refractivity contribution in [2.24, 2.45) is 0 Å². The van der Waals surface area contributed by atoms with Gasteiger partial charge in [0.25, 0.3) is 0 Å². The van der Waals surface area contributed by atoms with Crippen LogP contribution in [0.5, 0.6) is 11.5 Å². The van der Waals surface area contributed by atoms with Crippen LogP contribution in [0, 0.1) is 46.5 Å². The minimum Gasteiger partial charge on any atom is -0.477 e. The summed E-state index contributed by atoms with van der Waals surface area (Å²) in [6.07, 6.45) is 0.177. The van der Waals surface area contributed by atoms with Gasteiger partial charge in [0.05, 0.1) is 0 Å². The Bertz CT molecular complexity index is 900. The summed E-state index contributed by atoms with van der Waals surface area (Å²) in [5.74, 6) is -24.5. The van der Waals surface area contributed by atoms with Crippen molar-refractivity contribution in [1.82, 2.24) is 0 Å². The first-order valence-corrected chi connectivity index (χ1v) is 7.66. The van der Waals surface area contributed by atoms with Crippen LogP contribution >= 0.6 is 0 Å². The molecule has 1 N–H and O–H groups in total. The predicted molar refractivity (Wildman–Crippen MR) is 78.2 cm³/mol. The number of carboxylic acids is 1. The van der Waals surface area contributed by atoms with Gasteiger partial charge in [-0.3, -0.25) is 0 Å². The lowest BCUT2D eigenvalue weighted by Crippen LogP contribution is -2.12. The van der Waals surface area contributed by atoms with E-state index in [4.69, 9.17) is 5.11 Å². The third-order valence-electron chi connectivity index (χ3n) is 3.74. The van der Waals surface area contributed by atoms with Gasteiger partial charge in [-0.15, -0.1) is 0 Å². The first-order valence-electron chi connectivity index (χ1n) is 7.66. The van der Waals surface area contributed by atoms with E-state index in [-0.39, 0.29) is 6.42 Å². The summed E-state index contributed by atoms with van der Waals surface area (Å²) in [5.41, 5.74) is -3.01. The highest BCUT2D eigenvalue weighted by Gasteiger charge is 2.33. The molecule has 0 aliphatic rings. The molecule has 2 aromatic rings. The number of ether oxygens (including phenoxy) is 1. The van der Waals surface area contributed by atoms with Crippen LogP contribution < -0.4 is 4.74 Å². The minimum atomic E-state index is -2.47. The maximum Gasteiger partial charge on any atom is 0.341 e. The van der Waals surface area contributed by atoms with E-state index in [0.29, 0.717) is 6.42 Å². The SMILES string of the molecule is CCCCc1c(F)c(F)c(Oc2c(F)c(F)c(C(=O)O)c(F)c2F)c(F)c1F. The molecule has 0 unspecified atom stereocenters. The number of carboxylic acid groups (broad SMARTS) is 1. The number of halogens is 8. The van der Waals surface area contributed by atoms with Gasteiger partial charge in [-0.25, -0.2) is 22.4 Å². The van der Waals surface area contributed by atoms with Crippen LogP contribution in [0.3, 0.4) is 0 Å². The highest BCUT2D eigenvalue weighted by Crippen LogP contribution is 2.38.